The van der Waals surface area contributed by atoms with E-state index >= 15 is 0 Å². The molecular formula is C17H16F6N4O. The molecule has 0 spiro atoms. The van der Waals surface area contributed by atoms with Crippen molar-refractivity contribution in [1.82, 2.24) is 9.97 Å². The summed E-state index contributed by atoms with van der Waals surface area (Å²) >= 11 is 0. The van der Waals surface area contributed by atoms with Gasteiger partial charge in [0.15, 0.2) is 0 Å². The van der Waals surface area contributed by atoms with Gasteiger partial charge in [-0.3, -0.25) is 0 Å². The van der Waals surface area contributed by atoms with Crippen molar-refractivity contribution < 1.29 is 31.4 Å². The molecule has 1 aliphatic carbocycles. The lowest BCUT2D eigenvalue weighted by atomic mass is 10.1. The first-order valence-corrected chi connectivity index (χ1v) is 8.37. The molecule has 5 nitrogen and oxygen atoms in total. The molecule has 1 heterocycles. The van der Waals surface area contributed by atoms with Crippen molar-refractivity contribution in [3.63, 3.8) is 0 Å². The molecule has 0 unspecified atom stereocenters. The summed E-state index contributed by atoms with van der Waals surface area (Å²) in [6.07, 6.45) is -8.13. The second kappa shape index (κ2) is 7.46. The van der Waals surface area contributed by atoms with Gasteiger partial charge in [-0.2, -0.15) is 31.3 Å². The standard InChI is InChI=1S/C17H16F6N4O/c18-16(19,20)10-3-4-12(11(7-10)17(21,22)23)25-14-8-13(9-1-2-9)26-15(27-14)24-5-6-28/h3-4,7-9,28H,1-2,5-6H2,(H2,24,25,26,27). The fraction of sp³-hybridized carbons (Fsp3) is 0.412. The number of hydrogen-bond donors (Lipinski definition) is 3. The van der Waals surface area contributed by atoms with Gasteiger partial charge in [0.05, 0.1) is 29.1 Å². The number of nitrogens with zero attached hydrogens (tertiary/aromatic N) is 2. The topological polar surface area (TPSA) is 70.1 Å². The number of anilines is 3. The number of halogens is 6. The molecule has 0 saturated heterocycles. The zero-order valence-electron chi connectivity index (χ0n) is 14.3. The van der Waals surface area contributed by atoms with Crippen molar-refractivity contribution in [3.05, 3.63) is 41.1 Å². The fourth-order valence-corrected chi connectivity index (χ4v) is 2.57. The molecule has 1 aliphatic rings. The molecule has 1 aromatic carbocycles. The van der Waals surface area contributed by atoms with Crippen molar-refractivity contribution in [2.75, 3.05) is 23.8 Å². The van der Waals surface area contributed by atoms with Crippen LogP contribution in [0.4, 0.5) is 43.8 Å². The van der Waals surface area contributed by atoms with E-state index in [4.69, 9.17) is 5.11 Å². The van der Waals surface area contributed by atoms with Crippen LogP contribution >= 0.6 is 0 Å². The molecule has 3 N–H and O–H groups in total. The highest BCUT2D eigenvalue weighted by Gasteiger charge is 2.38. The van der Waals surface area contributed by atoms with Gasteiger partial charge in [0.2, 0.25) is 5.95 Å². The monoisotopic (exact) mass is 406 g/mol. The number of rotatable bonds is 6. The molecule has 28 heavy (non-hydrogen) atoms. The predicted molar refractivity (Wildman–Crippen MR) is 89.3 cm³/mol. The minimum Gasteiger partial charge on any atom is -0.395 e. The van der Waals surface area contributed by atoms with E-state index in [2.05, 4.69) is 20.6 Å². The number of aromatic nitrogens is 2. The zero-order chi connectivity index (χ0) is 20.5. The third kappa shape index (κ3) is 4.83. The molecule has 0 aliphatic heterocycles. The summed E-state index contributed by atoms with van der Waals surface area (Å²) in [5.41, 5.74) is -2.77. The molecule has 1 saturated carbocycles. The van der Waals surface area contributed by atoms with Gasteiger partial charge in [-0.05, 0) is 31.0 Å². The van der Waals surface area contributed by atoms with Crippen LogP contribution in [0.25, 0.3) is 0 Å². The Hall–Kier alpha value is -2.56. The van der Waals surface area contributed by atoms with Crippen molar-refractivity contribution in [2.45, 2.75) is 31.1 Å². The highest BCUT2D eigenvalue weighted by Crippen LogP contribution is 2.42. The lowest BCUT2D eigenvalue weighted by Crippen LogP contribution is -2.14. The molecule has 0 bridgehead atoms. The van der Waals surface area contributed by atoms with Gasteiger partial charge in [0.25, 0.3) is 0 Å². The van der Waals surface area contributed by atoms with E-state index in [-0.39, 0.29) is 36.9 Å². The van der Waals surface area contributed by atoms with E-state index in [1.807, 2.05) is 0 Å². The minimum atomic E-state index is -4.99. The first-order chi connectivity index (χ1) is 13.1. The maximum Gasteiger partial charge on any atom is 0.418 e. The van der Waals surface area contributed by atoms with E-state index in [1.165, 1.54) is 6.07 Å². The maximum absolute atomic E-state index is 13.3. The molecule has 11 heteroatoms. The van der Waals surface area contributed by atoms with Crippen LogP contribution in [-0.2, 0) is 12.4 Å². The minimum absolute atomic E-state index is 0.0163. The fourth-order valence-electron chi connectivity index (χ4n) is 2.57. The van der Waals surface area contributed by atoms with Gasteiger partial charge in [0.1, 0.15) is 5.82 Å². The molecule has 0 radical (unpaired) electrons. The van der Waals surface area contributed by atoms with Crippen LogP contribution in [0.15, 0.2) is 24.3 Å². The average molecular weight is 406 g/mol. The summed E-state index contributed by atoms with van der Waals surface area (Å²) < 4.78 is 78.3. The molecule has 1 fully saturated rings. The van der Waals surface area contributed by atoms with Crippen LogP contribution in [0.5, 0.6) is 0 Å². The second-order valence-electron chi connectivity index (χ2n) is 6.31. The molecular weight excluding hydrogens is 390 g/mol. The van der Waals surface area contributed by atoms with Crippen LogP contribution in [-0.4, -0.2) is 28.2 Å². The van der Waals surface area contributed by atoms with Gasteiger partial charge >= 0.3 is 12.4 Å². The molecule has 3 rings (SSSR count). The number of aliphatic hydroxyl groups excluding tert-OH is 1. The zero-order valence-corrected chi connectivity index (χ0v) is 14.3. The summed E-state index contributed by atoms with van der Waals surface area (Å²) in [4.78, 5) is 8.28. The molecule has 1 aromatic heterocycles. The van der Waals surface area contributed by atoms with E-state index in [9.17, 15) is 26.3 Å². The summed E-state index contributed by atoms with van der Waals surface area (Å²) in [6, 6.07) is 2.84. The van der Waals surface area contributed by atoms with Gasteiger partial charge in [-0.25, -0.2) is 4.98 Å². The predicted octanol–water partition coefficient (Wildman–Crippen LogP) is 4.54. The van der Waals surface area contributed by atoms with Gasteiger partial charge in [-0.1, -0.05) is 0 Å². The van der Waals surface area contributed by atoms with Crippen LogP contribution in [0.1, 0.15) is 35.6 Å². The van der Waals surface area contributed by atoms with E-state index in [0.29, 0.717) is 11.8 Å². The van der Waals surface area contributed by atoms with Crippen LogP contribution in [0, 0.1) is 0 Å². The maximum atomic E-state index is 13.3. The highest BCUT2D eigenvalue weighted by atomic mass is 19.4. The van der Waals surface area contributed by atoms with Crippen molar-refractivity contribution in [2.24, 2.45) is 0 Å². The van der Waals surface area contributed by atoms with E-state index in [0.717, 1.165) is 18.9 Å². The molecule has 152 valence electrons. The summed E-state index contributed by atoms with van der Waals surface area (Å²) in [7, 11) is 0. The summed E-state index contributed by atoms with van der Waals surface area (Å²) in [5, 5.41) is 14.1. The average Bonchev–Trinajstić information content (AvgIpc) is 3.43. The van der Waals surface area contributed by atoms with E-state index in [1.54, 1.807) is 0 Å². The smallest absolute Gasteiger partial charge is 0.395 e. The third-order valence-electron chi connectivity index (χ3n) is 4.05. The Labute approximate surface area is 155 Å². The third-order valence-corrected chi connectivity index (χ3v) is 4.05. The Balaban J connectivity index is 1.97. The first-order valence-electron chi connectivity index (χ1n) is 8.37. The van der Waals surface area contributed by atoms with Crippen molar-refractivity contribution in [3.8, 4) is 0 Å². The van der Waals surface area contributed by atoms with Gasteiger partial charge < -0.3 is 15.7 Å². The number of hydrogen-bond acceptors (Lipinski definition) is 5. The normalized spacial score (nSPS) is 14.8. The molecule has 2 aromatic rings. The lowest BCUT2D eigenvalue weighted by molar-refractivity contribution is -0.142. The van der Waals surface area contributed by atoms with Gasteiger partial charge in [0, 0.05) is 18.5 Å². The molecule has 0 atom stereocenters. The quantitative estimate of drug-likeness (QED) is 0.615. The SMILES string of the molecule is OCCNc1nc(Nc2ccc(C(F)(F)F)cc2C(F)(F)F)cc(C2CC2)n1. The Bertz CT molecular complexity index is 849. The first kappa shape index (κ1) is 20.2. The number of nitrogens with one attached hydrogen (secondary N) is 2. The Morgan fingerprint density at radius 1 is 1.00 bits per heavy atom. The van der Waals surface area contributed by atoms with Crippen molar-refractivity contribution >= 4 is 17.5 Å². The van der Waals surface area contributed by atoms with Crippen LogP contribution in [0.2, 0.25) is 0 Å². The Morgan fingerprint density at radius 2 is 1.71 bits per heavy atom. The second-order valence-corrected chi connectivity index (χ2v) is 6.31. The summed E-state index contributed by atoms with van der Waals surface area (Å²) in [6.45, 7) is -0.0570. The van der Waals surface area contributed by atoms with Gasteiger partial charge in [-0.15, -0.1) is 0 Å². The Kier molecular flexibility index (Phi) is 5.37. The lowest BCUT2D eigenvalue weighted by Gasteiger charge is -2.17. The number of alkyl halides is 6. The largest absolute Gasteiger partial charge is 0.418 e. The number of benzene rings is 1. The van der Waals surface area contributed by atoms with Crippen LogP contribution < -0.4 is 10.6 Å². The number of aliphatic hydroxyl groups is 1. The van der Waals surface area contributed by atoms with Crippen LogP contribution in [0.3, 0.4) is 0 Å². The van der Waals surface area contributed by atoms with E-state index < -0.39 is 29.2 Å². The van der Waals surface area contributed by atoms with Crippen molar-refractivity contribution in [1.29, 1.82) is 0 Å². The Morgan fingerprint density at radius 3 is 2.29 bits per heavy atom. The highest BCUT2D eigenvalue weighted by molar-refractivity contribution is 5.63. The molecule has 0 amide bonds. The summed E-state index contributed by atoms with van der Waals surface area (Å²) in [5.74, 6) is 0.289.